The molecule has 1 aromatic rings. The molecule has 2 N–H and O–H groups in total. The molecule has 0 saturated heterocycles. The number of carbonyl (C=O) groups is 2. The van der Waals surface area contributed by atoms with Crippen LogP contribution in [0.1, 0.15) is 57.4 Å². The molecule has 0 radical (unpaired) electrons. The van der Waals surface area contributed by atoms with Crippen molar-refractivity contribution in [3.8, 4) is 5.75 Å². The van der Waals surface area contributed by atoms with Crippen LogP contribution in [0.2, 0.25) is 0 Å². The Morgan fingerprint density at radius 2 is 1.96 bits per heavy atom. The van der Waals surface area contributed by atoms with Gasteiger partial charge in [-0.25, -0.2) is 4.79 Å². The van der Waals surface area contributed by atoms with Crippen LogP contribution in [0.5, 0.6) is 5.75 Å². The zero-order valence-corrected chi connectivity index (χ0v) is 16.5. The largest absolute Gasteiger partial charge is 0.494 e. The van der Waals surface area contributed by atoms with Crippen LogP contribution in [0.4, 0.5) is 0 Å². The maximum absolute atomic E-state index is 12.7. The van der Waals surface area contributed by atoms with E-state index < -0.39 is 11.9 Å². The number of nitrogens with two attached hydrogens (primary N) is 1. The van der Waals surface area contributed by atoms with E-state index in [9.17, 15) is 9.59 Å². The van der Waals surface area contributed by atoms with Crippen molar-refractivity contribution in [3.63, 3.8) is 0 Å². The average Bonchev–Trinajstić information content (AvgIpc) is 2.68. The molecule has 28 heavy (non-hydrogen) atoms. The van der Waals surface area contributed by atoms with E-state index in [1.54, 1.807) is 6.92 Å². The first-order valence-electron chi connectivity index (χ1n) is 9.90. The minimum absolute atomic E-state index is 0.0104. The number of hydrogen-bond acceptors (Lipinski definition) is 6. The molecule has 6 nitrogen and oxygen atoms in total. The fourth-order valence-corrected chi connectivity index (χ4v) is 3.59. The minimum atomic E-state index is -0.583. The molecule has 3 rings (SSSR count). The van der Waals surface area contributed by atoms with E-state index in [0.29, 0.717) is 30.8 Å². The number of unbranched alkanes of at least 4 members (excludes halogenated alkanes) is 1. The fourth-order valence-electron chi connectivity index (χ4n) is 3.59. The first-order chi connectivity index (χ1) is 13.6. The predicted molar refractivity (Wildman–Crippen MR) is 104 cm³/mol. The molecule has 1 unspecified atom stereocenters. The summed E-state index contributed by atoms with van der Waals surface area (Å²) < 4.78 is 16.6. The van der Waals surface area contributed by atoms with Crippen LogP contribution in [0, 0.1) is 0 Å². The molecule has 2 aliphatic rings. The quantitative estimate of drug-likeness (QED) is 0.568. The Kier molecular flexibility index (Phi) is 6.39. The summed E-state index contributed by atoms with van der Waals surface area (Å²) >= 11 is 0. The second-order valence-electron chi connectivity index (χ2n) is 6.92. The number of esters is 1. The maximum Gasteiger partial charge on any atom is 0.340 e. The van der Waals surface area contributed by atoms with E-state index in [1.165, 1.54) is 0 Å². The first kappa shape index (κ1) is 20.0. The van der Waals surface area contributed by atoms with Gasteiger partial charge >= 0.3 is 5.97 Å². The number of benzene rings is 1. The van der Waals surface area contributed by atoms with Crippen molar-refractivity contribution >= 4 is 11.8 Å². The summed E-state index contributed by atoms with van der Waals surface area (Å²) in [4.78, 5) is 25.3. The molecule has 1 aliphatic carbocycles. The molecule has 0 saturated carbocycles. The number of hydrogen-bond donors (Lipinski definition) is 1. The summed E-state index contributed by atoms with van der Waals surface area (Å²) in [7, 11) is 0. The Bertz CT molecular complexity index is 807. The van der Waals surface area contributed by atoms with Crippen molar-refractivity contribution in [2.45, 2.75) is 51.9 Å². The van der Waals surface area contributed by atoms with Crippen molar-refractivity contribution in [3.05, 3.63) is 52.6 Å². The number of ether oxygens (including phenoxy) is 3. The molecular weight excluding hydrogens is 358 g/mol. The molecule has 0 bridgehead atoms. The van der Waals surface area contributed by atoms with E-state index in [4.69, 9.17) is 19.9 Å². The van der Waals surface area contributed by atoms with Crippen LogP contribution in [-0.4, -0.2) is 25.0 Å². The second-order valence-corrected chi connectivity index (χ2v) is 6.92. The van der Waals surface area contributed by atoms with Gasteiger partial charge in [0.1, 0.15) is 17.1 Å². The van der Waals surface area contributed by atoms with E-state index in [0.717, 1.165) is 30.6 Å². The monoisotopic (exact) mass is 385 g/mol. The van der Waals surface area contributed by atoms with Crippen molar-refractivity contribution in [1.29, 1.82) is 0 Å². The Hall–Kier alpha value is -2.76. The highest BCUT2D eigenvalue weighted by Crippen LogP contribution is 2.44. The summed E-state index contributed by atoms with van der Waals surface area (Å²) in [5, 5.41) is 0. The smallest absolute Gasteiger partial charge is 0.340 e. The molecule has 0 aromatic heterocycles. The highest BCUT2D eigenvalue weighted by atomic mass is 16.5. The topological polar surface area (TPSA) is 87.8 Å². The lowest BCUT2D eigenvalue weighted by Gasteiger charge is -2.32. The number of allylic oxidation sites excluding steroid dienone is 2. The fraction of sp³-hybridized carbons (Fsp3) is 0.455. The molecule has 1 atom stereocenters. The zero-order valence-electron chi connectivity index (χ0n) is 16.5. The van der Waals surface area contributed by atoms with Gasteiger partial charge in [0.2, 0.25) is 5.88 Å². The molecule has 1 aromatic carbocycles. The molecular formula is C22H27NO5. The van der Waals surface area contributed by atoms with Gasteiger partial charge in [-0.1, -0.05) is 25.5 Å². The van der Waals surface area contributed by atoms with Gasteiger partial charge in [0.25, 0.3) is 0 Å². The lowest BCUT2D eigenvalue weighted by molar-refractivity contribution is -0.139. The molecule has 150 valence electrons. The molecule has 0 amide bonds. The van der Waals surface area contributed by atoms with Gasteiger partial charge in [-0.15, -0.1) is 0 Å². The van der Waals surface area contributed by atoms with Crippen LogP contribution < -0.4 is 10.5 Å². The third-order valence-electron chi connectivity index (χ3n) is 4.96. The third-order valence-corrected chi connectivity index (χ3v) is 4.96. The van der Waals surface area contributed by atoms with Gasteiger partial charge in [-0.05, 0) is 37.5 Å². The first-order valence-corrected chi connectivity index (χ1v) is 9.90. The summed E-state index contributed by atoms with van der Waals surface area (Å²) in [6.45, 7) is 4.71. The van der Waals surface area contributed by atoms with Gasteiger partial charge in [-0.2, -0.15) is 0 Å². The van der Waals surface area contributed by atoms with Gasteiger partial charge in [0.05, 0.1) is 19.1 Å². The average molecular weight is 385 g/mol. The number of ketones is 1. The summed E-state index contributed by atoms with van der Waals surface area (Å²) in [5.74, 6) is 0.181. The van der Waals surface area contributed by atoms with Crippen molar-refractivity contribution in [2.75, 3.05) is 13.2 Å². The molecule has 1 heterocycles. The highest BCUT2D eigenvalue weighted by Gasteiger charge is 2.41. The van der Waals surface area contributed by atoms with Crippen molar-refractivity contribution in [1.82, 2.24) is 0 Å². The molecule has 1 aliphatic heterocycles. The van der Waals surface area contributed by atoms with Crippen LogP contribution in [0.15, 0.2) is 47.1 Å². The normalized spacial score (nSPS) is 19.2. The Morgan fingerprint density at radius 1 is 1.21 bits per heavy atom. The number of carbonyl (C=O) groups excluding carboxylic acids is 2. The zero-order chi connectivity index (χ0) is 20.1. The van der Waals surface area contributed by atoms with Gasteiger partial charge < -0.3 is 19.9 Å². The third kappa shape index (κ3) is 4.06. The lowest BCUT2D eigenvalue weighted by atomic mass is 9.77. The van der Waals surface area contributed by atoms with Crippen LogP contribution in [-0.2, 0) is 19.1 Å². The number of Topliss-reactive ketones (excluding diaryl/α,β-unsaturated/α-hetero) is 1. The second kappa shape index (κ2) is 8.95. The van der Waals surface area contributed by atoms with Crippen molar-refractivity contribution in [2.24, 2.45) is 5.73 Å². The van der Waals surface area contributed by atoms with Crippen LogP contribution in [0.3, 0.4) is 0 Å². The molecule has 6 heteroatoms. The van der Waals surface area contributed by atoms with E-state index in [1.807, 2.05) is 24.3 Å². The number of rotatable bonds is 7. The van der Waals surface area contributed by atoms with Crippen molar-refractivity contribution < 1.29 is 23.8 Å². The standard InChI is InChI=1S/C22H27NO5/c1-3-5-13-27-15-11-9-14(10-12-15)18-19-16(24)7-6-8-17(19)28-21(23)20(18)22(25)26-4-2/h9-12,18H,3-8,13,23H2,1-2H3. The summed E-state index contributed by atoms with van der Waals surface area (Å²) in [5.41, 5.74) is 7.59. The van der Waals surface area contributed by atoms with Gasteiger partial charge in [-0.3, -0.25) is 4.79 Å². The SMILES string of the molecule is CCCCOc1ccc(C2C(C(=O)OCC)=C(N)OC3=C2C(=O)CCC3)cc1. The van der Waals surface area contributed by atoms with E-state index in [2.05, 4.69) is 6.92 Å². The van der Waals surface area contributed by atoms with Crippen LogP contribution in [0.25, 0.3) is 0 Å². The van der Waals surface area contributed by atoms with E-state index >= 15 is 0 Å². The maximum atomic E-state index is 12.7. The summed E-state index contributed by atoms with van der Waals surface area (Å²) in [6.07, 6.45) is 3.83. The highest BCUT2D eigenvalue weighted by molar-refractivity contribution is 6.03. The van der Waals surface area contributed by atoms with E-state index in [-0.39, 0.29) is 23.8 Å². The molecule has 0 spiro atoms. The minimum Gasteiger partial charge on any atom is -0.494 e. The summed E-state index contributed by atoms with van der Waals surface area (Å²) in [6, 6.07) is 7.45. The predicted octanol–water partition coefficient (Wildman–Crippen LogP) is 3.72. The Morgan fingerprint density at radius 3 is 2.64 bits per heavy atom. The Labute approximate surface area is 165 Å². The lowest BCUT2D eigenvalue weighted by Crippen LogP contribution is -2.31. The molecule has 0 fully saturated rings. The van der Waals surface area contributed by atoms with Gasteiger partial charge in [0.15, 0.2) is 5.78 Å². The Balaban J connectivity index is 1.98. The van der Waals surface area contributed by atoms with Gasteiger partial charge in [0, 0.05) is 18.4 Å². The van der Waals surface area contributed by atoms with Crippen LogP contribution >= 0.6 is 0 Å².